The van der Waals surface area contributed by atoms with Gasteiger partial charge in [-0.05, 0) is 49.1 Å². The summed E-state index contributed by atoms with van der Waals surface area (Å²) in [6.07, 6.45) is 5.82. The smallest absolute Gasteiger partial charge is 0.0702 e. The van der Waals surface area contributed by atoms with E-state index in [0.717, 1.165) is 12.1 Å². The molecule has 3 rings (SSSR count). The fourth-order valence-corrected chi connectivity index (χ4v) is 3.19. The third kappa shape index (κ3) is 2.13. The van der Waals surface area contributed by atoms with E-state index in [1.54, 1.807) is 0 Å². The van der Waals surface area contributed by atoms with Gasteiger partial charge in [-0.2, -0.15) is 0 Å². The van der Waals surface area contributed by atoms with Crippen LogP contribution in [0.2, 0.25) is 0 Å². The molecule has 2 atom stereocenters. The van der Waals surface area contributed by atoms with Gasteiger partial charge in [-0.1, -0.05) is 25.5 Å². The van der Waals surface area contributed by atoms with Crippen molar-refractivity contribution < 1.29 is 0 Å². The Balaban J connectivity index is 1.93. The standard InChI is InChI=1S/C16H20N2/c1-2-17-16-7-3-6-14(16)12-8-9-15-13(11-12)5-4-10-18-15/h4-5,8-11,14,16-17H,2-3,6-7H2,1H3. The van der Waals surface area contributed by atoms with E-state index in [9.17, 15) is 0 Å². The second-order valence-electron chi connectivity index (χ2n) is 5.16. The molecular weight excluding hydrogens is 220 g/mol. The molecule has 1 N–H and O–H groups in total. The summed E-state index contributed by atoms with van der Waals surface area (Å²) < 4.78 is 0. The van der Waals surface area contributed by atoms with Crippen molar-refractivity contribution in [1.29, 1.82) is 0 Å². The molecule has 1 aromatic carbocycles. The average Bonchev–Trinajstić information content (AvgIpc) is 2.87. The van der Waals surface area contributed by atoms with Crippen LogP contribution < -0.4 is 5.32 Å². The Kier molecular flexibility index (Phi) is 3.28. The molecule has 1 aliphatic rings. The number of pyridine rings is 1. The number of fused-ring (bicyclic) bond motifs is 1. The van der Waals surface area contributed by atoms with Gasteiger partial charge in [-0.15, -0.1) is 0 Å². The molecule has 1 aromatic heterocycles. The minimum absolute atomic E-state index is 0.657. The number of benzene rings is 1. The molecule has 0 radical (unpaired) electrons. The lowest BCUT2D eigenvalue weighted by Crippen LogP contribution is -2.30. The Morgan fingerprint density at radius 3 is 3.11 bits per heavy atom. The summed E-state index contributed by atoms with van der Waals surface area (Å²) in [6.45, 7) is 3.26. The number of nitrogens with zero attached hydrogens (tertiary/aromatic N) is 1. The van der Waals surface area contributed by atoms with Crippen molar-refractivity contribution in [1.82, 2.24) is 10.3 Å². The van der Waals surface area contributed by atoms with E-state index in [4.69, 9.17) is 0 Å². The first-order chi connectivity index (χ1) is 8.88. The van der Waals surface area contributed by atoms with Gasteiger partial charge >= 0.3 is 0 Å². The number of rotatable bonds is 3. The molecule has 18 heavy (non-hydrogen) atoms. The highest BCUT2D eigenvalue weighted by Gasteiger charge is 2.27. The van der Waals surface area contributed by atoms with Crippen LogP contribution in [0.15, 0.2) is 36.5 Å². The number of aromatic nitrogens is 1. The monoisotopic (exact) mass is 240 g/mol. The van der Waals surface area contributed by atoms with Crippen LogP contribution in [0.4, 0.5) is 0 Å². The normalized spacial score (nSPS) is 23.6. The molecule has 1 saturated carbocycles. The van der Waals surface area contributed by atoms with Crippen molar-refractivity contribution in [3.05, 3.63) is 42.1 Å². The highest BCUT2D eigenvalue weighted by molar-refractivity contribution is 5.79. The van der Waals surface area contributed by atoms with E-state index in [1.807, 2.05) is 12.3 Å². The first-order valence-electron chi connectivity index (χ1n) is 6.96. The molecular formula is C16H20N2. The molecule has 0 aliphatic heterocycles. The largest absolute Gasteiger partial charge is 0.314 e. The Bertz CT molecular complexity index is 535. The molecule has 1 heterocycles. The third-order valence-corrected chi connectivity index (χ3v) is 4.04. The first-order valence-corrected chi connectivity index (χ1v) is 6.96. The maximum absolute atomic E-state index is 4.39. The number of hydrogen-bond donors (Lipinski definition) is 1. The van der Waals surface area contributed by atoms with Crippen LogP contribution in [-0.4, -0.2) is 17.6 Å². The quantitative estimate of drug-likeness (QED) is 0.888. The molecule has 2 aromatic rings. The van der Waals surface area contributed by atoms with E-state index in [-0.39, 0.29) is 0 Å². The maximum Gasteiger partial charge on any atom is 0.0702 e. The van der Waals surface area contributed by atoms with Crippen molar-refractivity contribution in [3.63, 3.8) is 0 Å². The molecule has 0 spiro atoms. The predicted octanol–water partition coefficient (Wildman–Crippen LogP) is 3.48. The van der Waals surface area contributed by atoms with E-state index in [0.29, 0.717) is 12.0 Å². The van der Waals surface area contributed by atoms with Crippen LogP contribution in [0.5, 0.6) is 0 Å². The van der Waals surface area contributed by atoms with Crippen LogP contribution in [0.1, 0.15) is 37.7 Å². The van der Waals surface area contributed by atoms with Crippen LogP contribution in [0.25, 0.3) is 10.9 Å². The molecule has 0 saturated heterocycles. The van der Waals surface area contributed by atoms with Crippen molar-refractivity contribution >= 4 is 10.9 Å². The van der Waals surface area contributed by atoms with Crippen LogP contribution >= 0.6 is 0 Å². The van der Waals surface area contributed by atoms with Crippen molar-refractivity contribution in [2.24, 2.45) is 0 Å². The minimum Gasteiger partial charge on any atom is -0.314 e. The summed E-state index contributed by atoms with van der Waals surface area (Å²) in [6, 6.07) is 11.6. The van der Waals surface area contributed by atoms with Gasteiger partial charge in [-0.3, -0.25) is 4.98 Å². The molecule has 2 unspecified atom stereocenters. The van der Waals surface area contributed by atoms with Crippen LogP contribution in [0.3, 0.4) is 0 Å². The molecule has 2 heteroatoms. The molecule has 2 nitrogen and oxygen atoms in total. The molecule has 0 bridgehead atoms. The fourth-order valence-electron chi connectivity index (χ4n) is 3.19. The highest BCUT2D eigenvalue weighted by atomic mass is 14.9. The summed E-state index contributed by atoms with van der Waals surface area (Å²) in [4.78, 5) is 4.39. The van der Waals surface area contributed by atoms with Gasteiger partial charge in [0.25, 0.3) is 0 Å². The van der Waals surface area contributed by atoms with Crippen molar-refractivity contribution in [3.8, 4) is 0 Å². The summed E-state index contributed by atoms with van der Waals surface area (Å²) in [7, 11) is 0. The van der Waals surface area contributed by atoms with Gasteiger partial charge in [0.15, 0.2) is 0 Å². The summed E-state index contributed by atoms with van der Waals surface area (Å²) in [5.41, 5.74) is 2.57. The maximum atomic E-state index is 4.39. The zero-order chi connectivity index (χ0) is 12.4. The number of likely N-dealkylation sites (N-methyl/N-ethyl adjacent to an activating group) is 1. The zero-order valence-corrected chi connectivity index (χ0v) is 10.9. The van der Waals surface area contributed by atoms with Gasteiger partial charge in [0.05, 0.1) is 5.52 Å². The Hall–Kier alpha value is -1.41. The van der Waals surface area contributed by atoms with E-state index < -0.39 is 0 Å². The lowest BCUT2D eigenvalue weighted by molar-refractivity contribution is 0.493. The molecule has 1 fully saturated rings. The second-order valence-corrected chi connectivity index (χ2v) is 5.16. The Labute approximate surface area is 108 Å². The molecule has 94 valence electrons. The molecule has 1 aliphatic carbocycles. The van der Waals surface area contributed by atoms with Gasteiger partial charge < -0.3 is 5.32 Å². The highest BCUT2D eigenvalue weighted by Crippen LogP contribution is 2.35. The van der Waals surface area contributed by atoms with E-state index in [2.05, 4.69) is 41.5 Å². The van der Waals surface area contributed by atoms with Crippen molar-refractivity contribution in [2.75, 3.05) is 6.54 Å². The minimum atomic E-state index is 0.657. The summed E-state index contributed by atoms with van der Waals surface area (Å²) in [5.74, 6) is 0.676. The number of nitrogens with one attached hydrogen (secondary N) is 1. The van der Waals surface area contributed by atoms with Gasteiger partial charge in [-0.25, -0.2) is 0 Å². The lowest BCUT2D eigenvalue weighted by atomic mass is 9.93. The van der Waals surface area contributed by atoms with Crippen LogP contribution in [-0.2, 0) is 0 Å². The van der Waals surface area contributed by atoms with E-state index >= 15 is 0 Å². The molecule has 0 amide bonds. The van der Waals surface area contributed by atoms with Gasteiger partial charge in [0, 0.05) is 17.6 Å². The number of hydrogen-bond acceptors (Lipinski definition) is 2. The second kappa shape index (κ2) is 5.07. The SMILES string of the molecule is CCNC1CCCC1c1ccc2ncccc2c1. The third-order valence-electron chi connectivity index (χ3n) is 4.04. The topological polar surface area (TPSA) is 24.9 Å². The van der Waals surface area contributed by atoms with Gasteiger partial charge in [0.2, 0.25) is 0 Å². The first kappa shape index (κ1) is 11.7. The summed E-state index contributed by atoms with van der Waals surface area (Å²) >= 11 is 0. The fraction of sp³-hybridized carbons (Fsp3) is 0.438. The Morgan fingerprint density at radius 1 is 1.28 bits per heavy atom. The Morgan fingerprint density at radius 2 is 2.22 bits per heavy atom. The predicted molar refractivity (Wildman–Crippen MR) is 75.8 cm³/mol. The van der Waals surface area contributed by atoms with Gasteiger partial charge in [0.1, 0.15) is 0 Å². The lowest BCUT2D eigenvalue weighted by Gasteiger charge is -2.21. The summed E-state index contributed by atoms with van der Waals surface area (Å²) in [5, 5.41) is 4.89. The van der Waals surface area contributed by atoms with Crippen molar-refractivity contribution in [2.45, 2.75) is 38.1 Å². The zero-order valence-electron chi connectivity index (χ0n) is 10.9. The average molecular weight is 240 g/mol. The van der Waals surface area contributed by atoms with E-state index in [1.165, 1.54) is 30.2 Å². The van der Waals surface area contributed by atoms with Crippen LogP contribution in [0, 0.1) is 0 Å².